The molecule has 142 valence electrons. The van der Waals surface area contributed by atoms with Crippen LogP contribution in [0.25, 0.3) is 5.69 Å². The number of hydrazone groups is 1. The number of carbonyl (C=O) groups excluding carboxylic acids is 1. The molecule has 1 aromatic heterocycles. The molecule has 3 aromatic rings. The van der Waals surface area contributed by atoms with E-state index in [1.165, 1.54) is 24.3 Å². The predicted molar refractivity (Wildman–Crippen MR) is 106 cm³/mol. The van der Waals surface area contributed by atoms with Crippen molar-refractivity contribution in [1.29, 1.82) is 0 Å². The van der Waals surface area contributed by atoms with E-state index in [1.807, 2.05) is 0 Å². The molecule has 0 spiro atoms. The zero-order valence-electron chi connectivity index (χ0n) is 14.0. The number of rotatable bonds is 4. The van der Waals surface area contributed by atoms with Gasteiger partial charge in [0.1, 0.15) is 5.56 Å². The number of aromatic amines is 1. The lowest BCUT2D eigenvalue weighted by molar-refractivity contribution is 0.0955. The summed E-state index contributed by atoms with van der Waals surface area (Å²) in [5.41, 5.74) is 0.425. The monoisotopic (exact) mass is 418 g/mol. The average Bonchev–Trinajstić information content (AvgIpc) is 2.66. The first-order chi connectivity index (χ1) is 13.4. The topological polar surface area (TPSA) is 117 Å². The molecule has 0 bridgehead atoms. The number of nitrogens with one attached hydrogen (secondary N) is 2. The number of para-hydroxylation sites is 1. The number of hydrogen-bond acceptors (Lipinski definition) is 5. The van der Waals surface area contributed by atoms with Gasteiger partial charge in [0, 0.05) is 0 Å². The third-order valence-corrected chi connectivity index (χ3v) is 4.34. The lowest BCUT2D eigenvalue weighted by Crippen LogP contribution is -2.31. The second-order valence-electron chi connectivity index (χ2n) is 5.46. The minimum absolute atomic E-state index is 0.165. The fourth-order valence-corrected chi connectivity index (χ4v) is 2.81. The van der Waals surface area contributed by atoms with Crippen LogP contribution in [0.1, 0.15) is 15.9 Å². The molecule has 3 N–H and O–H groups in total. The molecule has 0 atom stereocenters. The van der Waals surface area contributed by atoms with Crippen LogP contribution < -0.4 is 16.7 Å². The molecule has 28 heavy (non-hydrogen) atoms. The van der Waals surface area contributed by atoms with Crippen LogP contribution in [-0.4, -0.2) is 26.8 Å². The van der Waals surface area contributed by atoms with Gasteiger partial charge in [-0.3, -0.25) is 14.6 Å². The second kappa shape index (κ2) is 8.12. The summed E-state index contributed by atoms with van der Waals surface area (Å²) in [5, 5.41) is 14.5. The first kappa shape index (κ1) is 19.4. The Morgan fingerprint density at radius 3 is 2.39 bits per heavy atom. The number of aromatic nitrogens is 2. The minimum Gasteiger partial charge on any atom is -0.493 e. The van der Waals surface area contributed by atoms with E-state index in [9.17, 15) is 19.5 Å². The molecule has 3 rings (SSSR count). The third kappa shape index (κ3) is 3.83. The lowest BCUT2D eigenvalue weighted by atomic mass is 10.2. The van der Waals surface area contributed by atoms with Crippen molar-refractivity contribution in [1.82, 2.24) is 15.0 Å². The molecule has 10 heteroatoms. The summed E-state index contributed by atoms with van der Waals surface area (Å²) >= 11 is 12.0. The van der Waals surface area contributed by atoms with Crippen LogP contribution in [0.15, 0.2) is 63.2 Å². The van der Waals surface area contributed by atoms with Crippen LogP contribution in [0.3, 0.4) is 0 Å². The summed E-state index contributed by atoms with van der Waals surface area (Å²) < 4.78 is 0.820. The van der Waals surface area contributed by atoms with E-state index in [1.54, 1.807) is 24.3 Å². The number of hydrogen-bond donors (Lipinski definition) is 3. The molecule has 0 aliphatic heterocycles. The van der Waals surface area contributed by atoms with Gasteiger partial charge in [-0.25, -0.2) is 14.8 Å². The van der Waals surface area contributed by atoms with Gasteiger partial charge in [-0.2, -0.15) is 5.10 Å². The fraction of sp³-hybridized carbons (Fsp3) is 0. The summed E-state index contributed by atoms with van der Waals surface area (Å²) in [6.07, 6.45) is 0.912. The highest BCUT2D eigenvalue weighted by Gasteiger charge is 2.16. The van der Waals surface area contributed by atoms with E-state index in [2.05, 4.69) is 15.5 Å². The first-order valence-electron chi connectivity index (χ1n) is 7.81. The van der Waals surface area contributed by atoms with Crippen molar-refractivity contribution in [2.75, 3.05) is 0 Å². The Kier molecular flexibility index (Phi) is 5.62. The molecular weight excluding hydrogens is 407 g/mol. The Hall–Kier alpha value is -3.36. The van der Waals surface area contributed by atoms with Gasteiger partial charge in [-0.1, -0.05) is 47.5 Å². The Morgan fingerprint density at radius 2 is 1.71 bits per heavy atom. The maximum absolute atomic E-state index is 12.1. The van der Waals surface area contributed by atoms with Gasteiger partial charge in [0.2, 0.25) is 5.88 Å². The van der Waals surface area contributed by atoms with Gasteiger partial charge >= 0.3 is 5.69 Å². The maximum atomic E-state index is 12.1. The standard InChI is InChI=1S/C18H12Cl2N4O4/c19-12-6-2-1-5-10(12)16(26)23-21-9-11-15(25)22-18(28)24(17(11)27)14-8-4-3-7-13(14)20/h1-9,27H,(H,23,26)(H,22,25,28). The Balaban J connectivity index is 1.96. The number of benzene rings is 2. The molecule has 0 saturated carbocycles. The summed E-state index contributed by atoms with van der Waals surface area (Å²) in [6, 6.07) is 12.6. The summed E-state index contributed by atoms with van der Waals surface area (Å²) in [4.78, 5) is 38.3. The number of nitrogens with zero attached hydrogens (tertiary/aromatic N) is 2. The molecule has 0 aliphatic rings. The normalized spacial score (nSPS) is 10.9. The van der Waals surface area contributed by atoms with E-state index in [-0.39, 0.29) is 26.9 Å². The van der Waals surface area contributed by atoms with Gasteiger partial charge < -0.3 is 5.11 Å². The van der Waals surface area contributed by atoms with Gasteiger partial charge in [0.05, 0.1) is 27.5 Å². The molecule has 1 heterocycles. The zero-order chi connectivity index (χ0) is 20.3. The Labute approximate surface area is 167 Å². The molecule has 0 aliphatic carbocycles. The summed E-state index contributed by atoms with van der Waals surface area (Å²) in [5.74, 6) is -1.30. The molecular formula is C18H12Cl2N4O4. The van der Waals surface area contributed by atoms with Crippen LogP contribution >= 0.6 is 23.2 Å². The second-order valence-corrected chi connectivity index (χ2v) is 6.28. The molecule has 0 unspecified atom stereocenters. The molecule has 1 amide bonds. The van der Waals surface area contributed by atoms with Gasteiger partial charge in [0.15, 0.2) is 0 Å². The van der Waals surface area contributed by atoms with E-state index >= 15 is 0 Å². The smallest absolute Gasteiger partial charge is 0.335 e. The number of amides is 1. The maximum Gasteiger partial charge on any atom is 0.335 e. The van der Waals surface area contributed by atoms with Crippen molar-refractivity contribution in [3.05, 3.63) is 90.5 Å². The van der Waals surface area contributed by atoms with Crippen LogP contribution in [-0.2, 0) is 0 Å². The minimum atomic E-state index is -0.887. The van der Waals surface area contributed by atoms with Crippen molar-refractivity contribution in [3.63, 3.8) is 0 Å². The van der Waals surface area contributed by atoms with E-state index in [0.29, 0.717) is 0 Å². The summed E-state index contributed by atoms with van der Waals surface area (Å²) in [6.45, 7) is 0. The Bertz CT molecular complexity index is 1200. The van der Waals surface area contributed by atoms with Gasteiger partial charge in [-0.05, 0) is 24.3 Å². The number of carbonyl (C=O) groups is 1. The van der Waals surface area contributed by atoms with Crippen molar-refractivity contribution in [2.24, 2.45) is 5.10 Å². The molecule has 8 nitrogen and oxygen atoms in total. The van der Waals surface area contributed by atoms with Crippen molar-refractivity contribution < 1.29 is 9.90 Å². The van der Waals surface area contributed by atoms with Crippen LogP contribution in [0, 0.1) is 0 Å². The van der Waals surface area contributed by atoms with Crippen molar-refractivity contribution in [2.45, 2.75) is 0 Å². The van der Waals surface area contributed by atoms with Crippen LogP contribution in [0.4, 0.5) is 0 Å². The number of H-pyrrole nitrogens is 1. The van der Waals surface area contributed by atoms with E-state index in [0.717, 1.165) is 10.8 Å². The third-order valence-electron chi connectivity index (χ3n) is 3.69. The molecule has 2 aromatic carbocycles. The fourth-order valence-electron chi connectivity index (χ4n) is 2.37. The average molecular weight is 419 g/mol. The van der Waals surface area contributed by atoms with Crippen LogP contribution in [0.5, 0.6) is 5.88 Å². The predicted octanol–water partition coefficient (Wildman–Crippen LogP) is 2.30. The van der Waals surface area contributed by atoms with Crippen molar-refractivity contribution >= 4 is 35.3 Å². The zero-order valence-corrected chi connectivity index (χ0v) is 15.5. The Morgan fingerprint density at radius 1 is 1.07 bits per heavy atom. The number of halogens is 2. The molecule has 0 radical (unpaired) electrons. The molecule has 0 fully saturated rings. The van der Waals surface area contributed by atoms with Crippen molar-refractivity contribution in [3.8, 4) is 11.6 Å². The summed E-state index contributed by atoms with van der Waals surface area (Å²) in [7, 11) is 0. The van der Waals surface area contributed by atoms with E-state index in [4.69, 9.17) is 23.2 Å². The lowest BCUT2D eigenvalue weighted by Gasteiger charge is -2.10. The quantitative estimate of drug-likeness (QED) is 0.445. The highest BCUT2D eigenvalue weighted by molar-refractivity contribution is 6.33. The highest BCUT2D eigenvalue weighted by atomic mass is 35.5. The molecule has 0 saturated heterocycles. The van der Waals surface area contributed by atoms with Crippen LogP contribution in [0.2, 0.25) is 10.0 Å². The first-order valence-corrected chi connectivity index (χ1v) is 8.57. The number of aromatic hydroxyl groups is 1. The van der Waals surface area contributed by atoms with Gasteiger partial charge in [0.25, 0.3) is 11.5 Å². The van der Waals surface area contributed by atoms with E-state index < -0.39 is 23.0 Å². The SMILES string of the molecule is O=C(NN=Cc1c(O)n(-c2ccccc2Cl)c(=O)[nH]c1=O)c1ccccc1Cl. The van der Waals surface area contributed by atoms with Gasteiger partial charge in [-0.15, -0.1) is 0 Å². The highest BCUT2D eigenvalue weighted by Crippen LogP contribution is 2.22. The largest absolute Gasteiger partial charge is 0.493 e.